The summed E-state index contributed by atoms with van der Waals surface area (Å²) in [6.07, 6.45) is -1.56. The van der Waals surface area contributed by atoms with Gasteiger partial charge in [0.2, 0.25) is 5.95 Å². The lowest BCUT2D eigenvalue weighted by Crippen LogP contribution is -2.43. The molecule has 0 amide bonds. The van der Waals surface area contributed by atoms with Gasteiger partial charge in [-0.3, -0.25) is 13.6 Å². The zero-order chi connectivity index (χ0) is 32.6. The maximum Gasteiger partial charge on any atom is 0.416 e. The monoisotopic (exact) mass is 646 g/mol. The van der Waals surface area contributed by atoms with E-state index >= 15 is 0 Å². The molecule has 12 heteroatoms. The maximum atomic E-state index is 14.2. The molecule has 0 radical (unpaired) electrons. The predicted octanol–water partition coefficient (Wildman–Crippen LogP) is 5.69. The number of fused-ring (bicyclic) bond motifs is 1. The predicted molar refractivity (Wildman–Crippen MR) is 179 cm³/mol. The van der Waals surface area contributed by atoms with Crippen molar-refractivity contribution in [3.63, 3.8) is 0 Å². The fraction of sp³-hybridized carbons (Fsp3) is 0.235. The Morgan fingerprint density at radius 3 is 2.41 bits per heavy atom. The number of rotatable bonds is 7. The number of anilines is 3. The molecule has 5 aromatic rings. The number of hydrogen-bond acceptors (Lipinski definition) is 7. The van der Waals surface area contributed by atoms with Gasteiger partial charge in [-0.25, -0.2) is 4.98 Å². The van der Waals surface area contributed by atoms with Gasteiger partial charge in [-0.15, -0.1) is 0 Å². The van der Waals surface area contributed by atoms with E-state index in [2.05, 4.69) is 31.4 Å². The largest absolute Gasteiger partial charge is 0.416 e. The molecule has 1 atom stereocenters. The first-order valence-corrected chi connectivity index (χ1v) is 16.8. The van der Waals surface area contributed by atoms with Crippen LogP contribution in [0.1, 0.15) is 16.7 Å². The van der Waals surface area contributed by atoms with Crippen molar-refractivity contribution in [2.45, 2.75) is 24.5 Å². The van der Waals surface area contributed by atoms with Gasteiger partial charge < -0.3 is 15.5 Å². The van der Waals surface area contributed by atoms with Gasteiger partial charge in [0.05, 0.1) is 12.1 Å². The molecule has 3 aromatic carbocycles. The Kier molecular flexibility index (Phi) is 8.34. The molecule has 0 spiro atoms. The Morgan fingerprint density at radius 1 is 1.00 bits per heavy atom. The van der Waals surface area contributed by atoms with Crippen molar-refractivity contribution in [1.29, 1.82) is 0 Å². The Bertz CT molecular complexity index is 2090. The Labute approximate surface area is 264 Å². The fourth-order valence-electron chi connectivity index (χ4n) is 5.85. The standard InChI is InChI=1S/C34H33F3N6O2S/c1-22-27(8-6-10-30(22)46(2,3)45)28-19-24-20-39-33(40-25-11-13-26(14-12-25)42-17-15-38-16-18-42)41-31(24)43(32(28)44)21-23-7-4-5-9-29(23)34(35,36)37/h4-14,19-20,38H,2,15-18,21H2,1,3H3,(H,39,40,41). The number of nitrogens with zero attached hydrogens (tertiary/aromatic N) is 4. The van der Waals surface area contributed by atoms with Gasteiger partial charge in [0, 0.05) is 65.9 Å². The van der Waals surface area contributed by atoms with E-state index < -0.39 is 26.8 Å². The molecule has 238 valence electrons. The van der Waals surface area contributed by atoms with E-state index in [9.17, 15) is 22.2 Å². The Hall–Kier alpha value is -4.68. The minimum absolute atomic E-state index is 0.0769. The second kappa shape index (κ2) is 12.3. The highest BCUT2D eigenvalue weighted by Crippen LogP contribution is 2.33. The Balaban J connectivity index is 1.47. The van der Waals surface area contributed by atoms with Crippen LogP contribution in [0.25, 0.3) is 22.2 Å². The van der Waals surface area contributed by atoms with Gasteiger partial charge in [0.25, 0.3) is 5.56 Å². The third-order valence-corrected chi connectivity index (χ3v) is 9.50. The summed E-state index contributed by atoms with van der Waals surface area (Å²) in [5.41, 5.74) is 1.87. The highest BCUT2D eigenvalue weighted by molar-refractivity contribution is 7.99. The normalized spacial score (nSPS) is 15.1. The molecule has 1 fully saturated rings. The summed E-state index contributed by atoms with van der Waals surface area (Å²) in [6, 6.07) is 19.7. The summed E-state index contributed by atoms with van der Waals surface area (Å²) in [6.45, 7) is 5.03. The number of alkyl halides is 3. The number of benzene rings is 3. The third-order valence-electron chi connectivity index (χ3n) is 8.12. The molecule has 8 nitrogen and oxygen atoms in total. The highest BCUT2D eigenvalue weighted by Gasteiger charge is 2.33. The van der Waals surface area contributed by atoms with E-state index in [4.69, 9.17) is 0 Å². The molecule has 2 N–H and O–H groups in total. The number of pyridine rings is 1. The summed E-state index contributed by atoms with van der Waals surface area (Å²) >= 11 is 0. The van der Waals surface area contributed by atoms with Crippen molar-refractivity contribution < 1.29 is 17.4 Å². The van der Waals surface area contributed by atoms with Crippen molar-refractivity contribution in [2.24, 2.45) is 0 Å². The fourth-order valence-corrected chi connectivity index (χ4v) is 6.97. The summed E-state index contributed by atoms with van der Waals surface area (Å²) < 4.78 is 56.2. The molecule has 0 bridgehead atoms. The van der Waals surface area contributed by atoms with Gasteiger partial charge >= 0.3 is 6.18 Å². The summed E-state index contributed by atoms with van der Waals surface area (Å²) in [5, 5.41) is 6.95. The third kappa shape index (κ3) is 6.35. The summed E-state index contributed by atoms with van der Waals surface area (Å²) in [5.74, 6) is 3.98. The van der Waals surface area contributed by atoms with Crippen LogP contribution >= 0.6 is 0 Å². The molecular formula is C34H33F3N6O2S. The molecule has 3 heterocycles. The van der Waals surface area contributed by atoms with Crippen molar-refractivity contribution in [2.75, 3.05) is 42.7 Å². The molecule has 0 aliphatic carbocycles. The van der Waals surface area contributed by atoms with Crippen LogP contribution in [0.2, 0.25) is 0 Å². The SMILES string of the molecule is C=S(C)(=O)c1cccc(-c2cc3cnc(Nc4ccc(N5CCNCC5)cc4)nc3n(Cc3ccccc3C(F)(F)F)c2=O)c1C. The average Bonchev–Trinajstić information content (AvgIpc) is 3.03. The number of halogens is 3. The van der Waals surface area contributed by atoms with Crippen molar-refractivity contribution in [3.8, 4) is 11.1 Å². The van der Waals surface area contributed by atoms with E-state index in [1.54, 1.807) is 37.4 Å². The van der Waals surface area contributed by atoms with Gasteiger partial charge in [0.1, 0.15) is 5.65 Å². The minimum Gasteiger partial charge on any atom is -0.369 e. The number of aromatic nitrogens is 3. The van der Waals surface area contributed by atoms with E-state index in [0.717, 1.165) is 43.6 Å². The molecule has 0 saturated carbocycles. The lowest BCUT2D eigenvalue weighted by Gasteiger charge is -2.29. The lowest BCUT2D eigenvalue weighted by molar-refractivity contribution is -0.138. The van der Waals surface area contributed by atoms with Crippen LogP contribution in [-0.4, -0.2) is 57.0 Å². The van der Waals surface area contributed by atoms with Crippen LogP contribution < -0.4 is 21.1 Å². The number of hydrogen-bond donors (Lipinski definition) is 2. The van der Waals surface area contributed by atoms with E-state index in [-0.39, 0.29) is 29.3 Å². The van der Waals surface area contributed by atoms with E-state index in [1.165, 1.54) is 29.0 Å². The molecule has 6 rings (SSSR count). The smallest absolute Gasteiger partial charge is 0.369 e. The summed E-state index contributed by atoms with van der Waals surface area (Å²) in [4.78, 5) is 26.1. The number of nitrogens with one attached hydrogen (secondary N) is 2. The van der Waals surface area contributed by atoms with Crippen LogP contribution in [0.5, 0.6) is 0 Å². The zero-order valence-electron chi connectivity index (χ0n) is 25.4. The maximum absolute atomic E-state index is 14.2. The first-order chi connectivity index (χ1) is 21.9. The first-order valence-electron chi connectivity index (χ1n) is 14.7. The molecule has 1 saturated heterocycles. The molecule has 1 aliphatic heterocycles. The van der Waals surface area contributed by atoms with E-state index in [1.807, 2.05) is 24.3 Å². The highest BCUT2D eigenvalue weighted by atomic mass is 32.2. The molecule has 1 aliphatic rings. The molecule has 1 unspecified atom stereocenters. The molecule has 46 heavy (non-hydrogen) atoms. The van der Waals surface area contributed by atoms with Gasteiger partial charge in [-0.2, -0.15) is 18.2 Å². The number of piperazine rings is 1. The van der Waals surface area contributed by atoms with Crippen LogP contribution in [0.4, 0.5) is 30.5 Å². The van der Waals surface area contributed by atoms with Gasteiger partial charge in [-0.05, 0) is 81.5 Å². The van der Waals surface area contributed by atoms with Gasteiger partial charge in [-0.1, -0.05) is 30.3 Å². The quantitative estimate of drug-likeness (QED) is 0.220. The van der Waals surface area contributed by atoms with Crippen LogP contribution in [0.15, 0.2) is 88.7 Å². The topological polar surface area (TPSA) is 92.2 Å². The summed E-state index contributed by atoms with van der Waals surface area (Å²) in [7, 11) is -2.62. The van der Waals surface area contributed by atoms with Gasteiger partial charge in [0.15, 0.2) is 0 Å². The average molecular weight is 647 g/mol. The zero-order valence-corrected chi connectivity index (χ0v) is 26.2. The lowest BCUT2D eigenvalue weighted by atomic mass is 10.0. The van der Waals surface area contributed by atoms with Crippen LogP contribution in [0, 0.1) is 6.92 Å². The van der Waals surface area contributed by atoms with Crippen molar-refractivity contribution >= 4 is 43.7 Å². The van der Waals surface area contributed by atoms with E-state index in [0.29, 0.717) is 21.4 Å². The minimum atomic E-state index is -4.62. The molecule has 2 aromatic heterocycles. The molecular weight excluding hydrogens is 613 g/mol. The first kappa shape index (κ1) is 31.3. The van der Waals surface area contributed by atoms with Crippen molar-refractivity contribution in [1.82, 2.24) is 19.9 Å². The Morgan fingerprint density at radius 2 is 1.72 bits per heavy atom. The van der Waals surface area contributed by atoms with Crippen LogP contribution in [-0.2, 0) is 22.2 Å². The van der Waals surface area contributed by atoms with Crippen LogP contribution in [0.3, 0.4) is 0 Å². The second-order valence-electron chi connectivity index (χ2n) is 11.4. The van der Waals surface area contributed by atoms with Crippen molar-refractivity contribution in [3.05, 3.63) is 106 Å². The second-order valence-corrected chi connectivity index (χ2v) is 13.9.